The van der Waals surface area contributed by atoms with Gasteiger partial charge in [0, 0.05) is 12.1 Å². The zero-order valence-corrected chi connectivity index (χ0v) is 16.8. The molecule has 0 radical (unpaired) electrons. The van der Waals surface area contributed by atoms with Crippen molar-refractivity contribution in [2.75, 3.05) is 7.11 Å². The van der Waals surface area contributed by atoms with Gasteiger partial charge >= 0.3 is 0 Å². The molecule has 0 saturated carbocycles. The summed E-state index contributed by atoms with van der Waals surface area (Å²) < 4.78 is 5.25. The second kappa shape index (κ2) is 9.41. The van der Waals surface area contributed by atoms with Crippen molar-refractivity contribution in [2.45, 2.75) is 45.1 Å². The van der Waals surface area contributed by atoms with Crippen LogP contribution in [0.2, 0.25) is 0 Å². The number of carbonyl (C=O) groups is 1. The van der Waals surface area contributed by atoms with Gasteiger partial charge in [-0.25, -0.2) is 0 Å². The standard InChI is InChI=1S/C25H29NO2/c1-18-15-23(25(26-18)17-22-10-13-24(28-3)14-11-22)12-9-20-5-4-6-21(8-7-20)16-19(2)27/h5-8,10-11,13-15,25-26H,1,4,9,12,16-17H2,2-3H3/t25-/m0/s1. The molecule has 0 spiro atoms. The van der Waals surface area contributed by atoms with Crippen molar-refractivity contribution in [2.24, 2.45) is 0 Å². The van der Waals surface area contributed by atoms with Crippen LogP contribution in [0.5, 0.6) is 5.75 Å². The first kappa shape index (κ1) is 19.9. The predicted octanol–water partition coefficient (Wildman–Crippen LogP) is 5.22. The SMILES string of the molecule is C=C1C=C(CCC2=CCC=C(CC(C)=O)C=C2)[C@H](Cc2ccc(OC)cc2)N1. The van der Waals surface area contributed by atoms with Crippen molar-refractivity contribution in [3.8, 4) is 5.75 Å². The van der Waals surface area contributed by atoms with E-state index in [1.807, 2.05) is 12.1 Å². The van der Waals surface area contributed by atoms with Crippen molar-refractivity contribution in [1.29, 1.82) is 0 Å². The van der Waals surface area contributed by atoms with Gasteiger partial charge in [-0.3, -0.25) is 4.79 Å². The summed E-state index contributed by atoms with van der Waals surface area (Å²) in [6, 6.07) is 8.56. The number of hydrogen-bond acceptors (Lipinski definition) is 3. The maximum Gasteiger partial charge on any atom is 0.134 e. The van der Waals surface area contributed by atoms with E-state index < -0.39 is 0 Å². The fraction of sp³-hybridized carbons (Fsp3) is 0.320. The third-order valence-electron chi connectivity index (χ3n) is 5.19. The molecule has 1 aliphatic carbocycles. The van der Waals surface area contributed by atoms with E-state index >= 15 is 0 Å². The monoisotopic (exact) mass is 375 g/mol. The molecule has 0 fully saturated rings. The minimum Gasteiger partial charge on any atom is -0.497 e. The average molecular weight is 376 g/mol. The van der Waals surface area contributed by atoms with E-state index in [0.717, 1.165) is 42.7 Å². The number of nitrogens with one attached hydrogen (secondary N) is 1. The molecule has 1 aliphatic heterocycles. The highest BCUT2D eigenvalue weighted by atomic mass is 16.5. The van der Waals surface area contributed by atoms with Gasteiger partial charge in [0.25, 0.3) is 0 Å². The van der Waals surface area contributed by atoms with E-state index in [4.69, 9.17) is 4.74 Å². The lowest BCUT2D eigenvalue weighted by Crippen LogP contribution is -2.26. The number of Topliss-reactive ketones (excluding diaryl/α,β-unsaturated/α-hetero) is 1. The molecular formula is C25H29NO2. The van der Waals surface area contributed by atoms with Gasteiger partial charge in [-0.15, -0.1) is 0 Å². The number of ketones is 1. The molecule has 3 rings (SSSR count). The zero-order valence-electron chi connectivity index (χ0n) is 16.8. The predicted molar refractivity (Wildman–Crippen MR) is 115 cm³/mol. The van der Waals surface area contributed by atoms with Gasteiger partial charge in [-0.1, -0.05) is 48.6 Å². The molecule has 1 aromatic rings. The van der Waals surface area contributed by atoms with Crippen LogP contribution in [0.15, 0.2) is 83.6 Å². The molecule has 2 aliphatic rings. The Morgan fingerprint density at radius 1 is 1.14 bits per heavy atom. The highest BCUT2D eigenvalue weighted by Crippen LogP contribution is 2.26. The van der Waals surface area contributed by atoms with Gasteiger partial charge in [0.2, 0.25) is 0 Å². The molecule has 0 saturated heterocycles. The molecule has 1 aromatic carbocycles. The molecule has 28 heavy (non-hydrogen) atoms. The van der Waals surface area contributed by atoms with Crippen molar-refractivity contribution < 1.29 is 9.53 Å². The summed E-state index contributed by atoms with van der Waals surface area (Å²) in [5.74, 6) is 1.09. The summed E-state index contributed by atoms with van der Waals surface area (Å²) in [6.45, 7) is 5.74. The summed E-state index contributed by atoms with van der Waals surface area (Å²) in [5, 5.41) is 3.51. The van der Waals surface area contributed by atoms with E-state index in [9.17, 15) is 4.79 Å². The molecule has 0 amide bonds. The molecule has 146 valence electrons. The summed E-state index contributed by atoms with van der Waals surface area (Å²) in [7, 11) is 1.69. The summed E-state index contributed by atoms with van der Waals surface area (Å²) in [6.07, 6.45) is 15.2. The Balaban J connectivity index is 1.58. The topological polar surface area (TPSA) is 38.3 Å². The van der Waals surface area contributed by atoms with Gasteiger partial charge < -0.3 is 10.1 Å². The Morgan fingerprint density at radius 3 is 2.57 bits per heavy atom. The van der Waals surface area contributed by atoms with Crippen LogP contribution in [0.3, 0.4) is 0 Å². The van der Waals surface area contributed by atoms with Crippen LogP contribution in [-0.2, 0) is 11.2 Å². The molecule has 1 N–H and O–H groups in total. The van der Waals surface area contributed by atoms with Gasteiger partial charge in [-0.2, -0.15) is 0 Å². The Kier molecular flexibility index (Phi) is 6.70. The minimum atomic E-state index is 0.210. The van der Waals surface area contributed by atoms with Gasteiger partial charge in [0.15, 0.2) is 0 Å². The average Bonchev–Trinajstić information content (AvgIpc) is 2.87. The van der Waals surface area contributed by atoms with Crippen LogP contribution in [0.4, 0.5) is 0 Å². The number of ether oxygens (including phenoxy) is 1. The summed E-state index contributed by atoms with van der Waals surface area (Å²) in [4.78, 5) is 11.3. The van der Waals surface area contributed by atoms with Crippen LogP contribution in [0.1, 0.15) is 38.2 Å². The van der Waals surface area contributed by atoms with E-state index in [-0.39, 0.29) is 5.78 Å². The minimum absolute atomic E-state index is 0.210. The van der Waals surface area contributed by atoms with E-state index in [1.165, 1.54) is 16.7 Å². The zero-order chi connectivity index (χ0) is 19.9. The van der Waals surface area contributed by atoms with E-state index in [0.29, 0.717) is 12.5 Å². The van der Waals surface area contributed by atoms with Crippen LogP contribution in [-0.4, -0.2) is 18.9 Å². The lowest BCUT2D eigenvalue weighted by Gasteiger charge is -2.17. The molecule has 1 atom stereocenters. The lowest BCUT2D eigenvalue weighted by molar-refractivity contribution is -0.116. The molecule has 0 aromatic heterocycles. The van der Waals surface area contributed by atoms with Crippen LogP contribution >= 0.6 is 0 Å². The van der Waals surface area contributed by atoms with E-state index in [2.05, 4.69) is 54.4 Å². The first-order valence-electron chi connectivity index (χ1n) is 9.88. The van der Waals surface area contributed by atoms with E-state index in [1.54, 1.807) is 14.0 Å². The van der Waals surface area contributed by atoms with Crippen LogP contribution in [0, 0.1) is 0 Å². The maximum absolute atomic E-state index is 11.3. The molecule has 3 heteroatoms. The fourth-order valence-electron chi connectivity index (χ4n) is 3.71. The highest BCUT2D eigenvalue weighted by Gasteiger charge is 2.21. The van der Waals surface area contributed by atoms with Crippen molar-refractivity contribution in [3.05, 3.63) is 89.2 Å². The number of rotatable bonds is 8. The highest BCUT2D eigenvalue weighted by molar-refractivity contribution is 5.78. The largest absolute Gasteiger partial charge is 0.497 e. The molecule has 0 unspecified atom stereocenters. The molecular weight excluding hydrogens is 346 g/mol. The van der Waals surface area contributed by atoms with Crippen LogP contribution in [0.25, 0.3) is 0 Å². The number of hydrogen-bond donors (Lipinski definition) is 1. The number of benzene rings is 1. The Morgan fingerprint density at radius 2 is 1.86 bits per heavy atom. The molecule has 0 bridgehead atoms. The maximum atomic E-state index is 11.3. The van der Waals surface area contributed by atoms with Gasteiger partial charge in [0.05, 0.1) is 13.2 Å². The Hall–Kier alpha value is -2.81. The second-order valence-corrected chi connectivity index (χ2v) is 7.50. The van der Waals surface area contributed by atoms with Gasteiger partial charge in [-0.05, 0) is 67.5 Å². The summed E-state index contributed by atoms with van der Waals surface area (Å²) in [5.41, 5.74) is 6.12. The third kappa shape index (κ3) is 5.59. The third-order valence-corrected chi connectivity index (χ3v) is 5.19. The van der Waals surface area contributed by atoms with Crippen LogP contribution < -0.4 is 10.1 Å². The number of allylic oxidation sites excluding steroid dienone is 7. The number of methoxy groups -OCH3 is 1. The second-order valence-electron chi connectivity index (χ2n) is 7.50. The number of carbonyl (C=O) groups excluding carboxylic acids is 1. The lowest BCUT2D eigenvalue weighted by atomic mass is 9.95. The van der Waals surface area contributed by atoms with Crippen molar-refractivity contribution >= 4 is 5.78 Å². The first-order valence-corrected chi connectivity index (χ1v) is 9.88. The summed E-state index contributed by atoms with van der Waals surface area (Å²) >= 11 is 0. The Labute approximate surface area is 168 Å². The van der Waals surface area contributed by atoms with Gasteiger partial charge in [0.1, 0.15) is 11.5 Å². The normalized spacial score (nSPS) is 18.7. The van der Waals surface area contributed by atoms with Crippen molar-refractivity contribution in [3.63, 3.8) is 0 Å². The van der Waals surface area contributed by atoms with Crippen molar-refractivity contribution in [1.82, 2.24) is 5.32 Å². The fourth-order valence-corrected chi connectivity index (χ4v) is 3.71. The Bertz CT molecular complexity index is 853. The first-order chi connectivity index (χ1) is 13.5. The quantitative estimate of drug-likeness (QED) is 0.677. The molecule has 3 nitrogen and oxygen atoms in total. The smallest absolute Gasteiger partial charge is 0.134 e. The molecule has 1 heterocycles.